The molecule has 0 radical (unpaired) electrons. The Bertz CT molecular complexity index is 773. The minimum atomic E-state index is -1.13. The van der Waals surface area contributed by atoms with Gasteiger partial charge in [-0.15, -0.1) is 0 Å². The van der Waals surface area contributed by atoms with Crippen LogP contribution < -0.4 is 10.6 Å². The molecule has 25 heavy (non-hydrogen) atoms. The van der Waals surface area contributed by atoms with Crippen LogP contribution in [-0.4, -0.2) is 28.9 Å². The van der Waals surface area contributed by atoms with E-state index in [1.54, 1.807) is 36.4 Å². The normalized spacial score (nSPS) is 11.4. The van der Waals surface area contributed by atoms with Crippen LogP contribution in [0.15, 0.2) is 48.5 Å². The zero-order chi connectivity index (χ0) is 18.4. The predicted octanol–water partition coefficient (Wildman–Crippen LogP) is 2.72. The summed E-state index contributed by atoms with van der Waals surface area (Å²) in [6, 6.07) is 11.9. The van der Waals surface area contributed by atoms with Crippen molar-refractivity contribution in [1.29, 1.82) is 0 Å². The Hall–Kier alpha value is -2.86. The summed E-state index contributed by atoms with van der Waals surface area (Å²) in [5.74, 6) is -1.85. The molecular weight excluding hydrogens is 344 g/mol. The maximum atomic E-state index is 12.3. The third kappa shape index (κ3) is 5.61. The van der Waals surface area contributed by atoms with Gasteiger partial charge in [0.2, 0.25) is 5.91 Å². The van der Waals surface area contributed by atoms with Gasteiger partial charge in [-0.2, -0.15) is 0 Å². The van der Waals surface area contributed by atoms with E-state index in [2.05, 4.69) is 10.6 Å². The number of anilines is 1. The van der Waals surface area contributed by atoms with E-state index in [1.807, 2.05) is 0 Å². The monoisotopic (exact) mass is 360 g/mol. The Morgan fingerprint density at radius 2 is 1.64 bits per heavy atom. The van der Waals surface area contributed by atoms with E-state index >= 15 is 0 Å². The Balaban J connectivity index is 2.05. The molecule has 0 saturated carbocycles. The molecule has 0 aliphatic heterocycles. The first-order valence-electron chi connectivity index (χ1n) is 7.51. The fourth-order valence-corrected chi connectivity index (χ4v) is 2.33. The van der Waals surface area contributed by atoms with Crippen LogP contribution in [0.25, 0.3) is 0 Å². The molecule has 0 spiro atoms. The van der Waals surface area contributed by atoms with E-state index in [0.29, 0.717) is 16.3 Å². The molecular formula is C18H17ClN2O4. The number of hydrogen-bond acceptors (Lipinski definition) is 3. The van der Waals surface area contributed by atoms with E-state index < -0.39 is 17.9 Å². The van der Waals surface area contributed by atoms with Gasteiger partial charge in [-0.25, -0.2) is 4.79 Å². The fraction of sp³-hybridized carbons (Fsp3) is 0.167. The molecule has 130 valence electrons. The molecule has 0 aromatic heterocycles. The van der Waals surface area contributed by atoms with Crippen LogP contribution in [0.5, 0.6) is 0 Å². The summed E-state index contributed by atoms with van der Waals surface area (Å²) in [5, 5.41) is 15.0. The van der Waals surface area contributed by atoms with Gasteiger partial charge in [0, 0.05) is 29.6 Å². The van der Waals surface area contributed by atoms with Crippen molar-refractivity contribution in [3.63, 3.8) is 0 Å². The lowest BCUT2D eigenvalue weighted by Crippen LogP contribution is -2.42. The molecule has 3 N–H and O–H groups in total. The minimum absolute atomic E-state index is 0.141. The Kier molecular flexibility index (Phi) is 6.14. The number of hydrogen-bond donors (Lipinski definition) is 3. The smallest absolute Gasteiger partial charge is 0.326 e. The lowest BCUT2D eigenvalue weighted by molar-refractivity contribution is -0.139. The topological polar surface area (TPSA) is 95.5 Å². The summed E-state index contributed by atoms with van der Waals surface area (Å²) < 4.78 is 0. The number of nitrogens with one attached hydrogen (secondary N) is 2. The molecule has 2 aromatic carbocycles. The van der Waals surface area contributed by atoms with E-state index in [9.17, 15) is 19.5 Å². The summed E-state index contributed by atoms with van der Waals surface area (Å²) in [6.45, 7) is 1.38. The van der Waals surface area contributed by atoms with Gasteiger partial charge in [0.05, 0.1) is 0 Å². The summed E-state index contributed by atoms with van der Waals surface area (Å²) in [6.07, 6.45) is 0.141. The van der Waals surface area contributed by atoms with Crippen molar-refractivity contribution in [3.05, 3.63) is 64.7 Å². The maximum Gasteiger partial charge on any atom is 0.326 e. The van der Waals surface area contributed by atoms with Gasteiger partial charge in [-0.1, -0.05) is 23.7 Å². The number of carbonyl (C=O) groups is 3. The van der Waals surface area contributed by atoms with E-state index in [4.69, 9.17) is 11.6 Å². The summed E-state index contributed by atoms with van der Waals surface area (Å²) >= 11 is 5.81. The van der Waals surface area contributed by atoms with Crippen molar-refractivity contribution in [2.24, 2.45) is 0 Å². The highest BCUT2D eigenvalue weighted by Crippen LogP contribution is 2.13. The van der Waals surface area contributed by atoms with Crippen molar-refractivity contribution in [1.82, 2.24) is 5.32 Å². The number of carboxylic acids is 1. The first-order valence-corrected chi connectivity index (χ1v) is 7.88. The highest BCUT2D eigenvalue weighted by Gasteiger charge is 2.21. The van der Waals surface area contributed by atoms with Gasteiger partial charge in [-0.05, 0) is 42.0 Å². The molecule has 0 aliphatic rings. The quantitative estimate of drug-likeness (QED) is 0.738. The molecule has 0 aliphatic carbocycles. The van der Waals surface area contributed by atoms with E-state index in [1.165, 1.54) is 19.1 Å². The number of amides is 2. The molecule has 7 heteroatoms. The zero-order valence-electron chi connectivity index (χ0n) is 13.5. The highest BCUT2D eigenvalue weighted by atomic mass is 35.5. The number of benzene rings is 2. The number of carbonyl (C=O) groups excluding carboxylic acids is 2. The first-order chi connectivity index (χ1) is 11.8. The number of carboxylic acid groups (broad SMARTS) is 1. The van der Waals surface area contributed by atoms with Gasteiger partial charge in [-0.3, -0.25) is 9.59 Å². The fourth-order valence-electron chi connectivity index (χ4n) is 2.21. The van der Waals surface area contributed by atoms with Gasteiger partial charge in [0.25, 0.3) is 5.91 Å². The van der Waals surface area contributed by atoms with Crippen LogP contribution in [0.1, 0.15) is 22.8 Å². The molecule has 0 saturated heterocycles. The first kappa shape index (κ1) is 18.5. The van der Waals surface area contributed by atoms with Crippen LogP contribution in [0, 0.1) is 0 Å². The second-order valence-electron chi connectivity index (χ2n) is 5.45. The van der Waals surface area contributed by atoms with Gasteiger partial charge >= 0.3 is 5.97 Å². The van der Waals surface area contributed by atoms with Crippen LogP contribution in [0.4, 0.5) is 5.69 Å². The largest absolute Gasteiger partial charge is 0.480 e. The molecule has 2 rings (SSSR count). The Morgan fingerprint density at radius 1 is 1.04 bits per heavy atom. The summed E-state index contributed by atoms with van der Waals surface area (Å²) in [7, 11) is 0. The van der Waals surface area contributed by atoms with Crippen molar-refractivity contribution in [2.75, 3.05) is 5.32 Å². The molecule has 0 fully saturated rings. The second kappa shape index (κ2) is 8.30. The van der Waals surface area contributed by atoms with Crippen LogP contribution in [0.2, 0.25) is 5.02 Å². The van der Waals surface area contributed by atoms with Crippen LogP contribution >= 0.6 is 11.6 Å². The second-order valence-corrected chi connectivity index (χ2v) is 5.89. The van der Waals surface area contributed by atoms with Crippen molar-refractivity contribution >= 4 is 35.1 Å². The average molecular weight is 361 g/mol. The van der Waals surface area contributed by atoms with Gasteiger partial charge < -0.3 is 15.7 Å². The van der Waals surface area contributed by atoms with Crippen molar-refractivity contribution in [2.45, 2.75) is 19.4 Å². The number of rotatable bonds is 6. The summed E-state index contributed by atoms with van der Waals surface area (Å²) in [4.78, 5) is 34.7. The highest BCUT2D eigenvalue weighted by molar-refractivity contribution is 6.30. The molecule has 6 nitrogen and oxygen atoms in total. The van der Waals surface area contributed by atoms with E-state index in [0.717, 1.165) is 5.56 Å². The molecule has 2 amide bonds. The third-order valence-electron chi connectivity index (χ3n) is 3.42. The van der Waals surface area contributed by atoms with Crippen molar-refractivity contribution < 1.29 is 19.5 Å². The SMILES string of the molecule is CC(=O)Nc1ccc(C(=O)N[C@H](Cc2ccc(Cl)cc2)C(=O)O)cc1. The summed E-state index contributed by atoms with van der Waals surface area (Å²) in [5.41, 5.74) is 1.61. The number of aliphatic carboxylic acids is 1. The van der Waals surface area contributed by atoms with Gasteiger partial charge in [0.15, 0.2) is 0 Å². The molecule has 1 atom stereocenters. The van der Waals surface area contributed by atoms with Gasteiger partial charge in [0.1, 0.15) is 6.04 Å². The standard InChI is InChI=1S/C18H17ClN2O4/c1-11(22)20-15-8-4-13(5-9-15)17(23)21-16(18(24)25)10-12-2-6-14(19)7-3-12/h2-9,16H,10H2,1H3,(H,20,22)(H,21,23)(H,24,25)/t16-/m1/s1. The minimum Gasteiger partial charge on any atom is -0.480 e. The van der Waals surface area contributed by atoms with Crippen molar-refractivity contribution in [3.8, 4) is 0 Å². The Labute approximate surface area is 149 Å². The maximum absolute atomic E-state index is 12.3. The number of halogens is 1. The van der Waals surface area contributed by atoms with Crippen LogP contribution in [0.3, 0.4) is 0 Å². The third-order valence-corrected chi connectivity index (χ3v) is 3.68. The molecule has 0 bridgehead atoms. The van der Waals surface area contributed by atoms with Crippen LogP contribution in [-0.2, 0) is 16.0 Å². The predicted molar refractivity (Wildman–Crippen MR) is 94.8 cm³/mol. The lowest BCUT2D eigenvalue weighted by Gasteiger charge is -2.15. The molecule has 0 unspecified atom stereocenters. The Morgan fingerprint density at radius 3 is 2.16 bits per heavy atom. The average Bonchev–Trinajstić information content (AvgIpc) is 2.56. The molecule has 0 heterocycles. The lowest BCUT2D eigenvalue weighted by atomic mass is 10.1. The van der Waals surface area contributed by atoms with E-state index in [-0.39, 0.29) is 12.3 Å². The zero-order valence-corrected chi connectivity index (χ0v) is 14.2. The molecule has 2 aromatic rings.